The van der Waals surface area contributed by atoms with Gasteiger partial charge in [0.15, 0.2) is 5.78 Å². The first-order valence-corrected chi connectivity index (χ1v) is 9.59. The molecule has 1 N–H and O–H groups in total. The van der Waals surface area contributed by atoms with Crippen molar-refractivity contribution >= 4 is 23.9 Å². The van der Waals surface area contributed by atoms with Crippen LogP contribution in [0.3, 0.4) is 0 Å². The minimum Gasteiger partial charge on any atom is -0.478 e. The minimum absolute atomic E-state index is 0.0374. The van der Waals surface area contributed by atoms with E-state index in [0.717, 1.165) is 55.5 Å². The highest BCUT2D eigenvalue weighted by Gasteiger charge is 2.16. The molecule has 0 radical (unpaired) electrons. The Morgan fingerprint density at radius 2 is 1.79 bits per heavy atom. The number of benzene rings is 1. The number of pyridine rings is 1. The van der Waals surface area contributed by atoms with Crippen LogP contribution in [0.5, 0.6) is 0 Å². The summed E-state index contributed by atoms with van der Waals surface area (Å²) in [5.41, 5.74) is 3.09. The normalized spacial score (nSPS) is 15.9. The lowest BCUT2D eigenvalue weighted by atomic mass is 10.0. The van der Waals surface area contributed by atoms with Crippen LogP contribution in [0, 0.1) is 0 Å². The van der Waals surface area contributed by atoms with E-state index in [9.17, 15) is 9.59 Å². The third-order valence-electron chi connectivity index (χ3n) is 4.91. The fourth-order valence-corrected chi connectivity index (χ4v) is 3.18. The van der Waals surface area contributed by atoms with Gasteiger partial charge in [-0.3, -0.25) is 14.7 Å². The molecule has 6 heteroatoms. The summed E-state index contributed by atoms with van der Waals surface area (Å²) >= 11 is 0. The molecule has 1 aromatic carbocycles. The summed E-state index contributed by atoms with van der Waals surface area (Å²) in [6.45, 7) is 4.86. The van der Waals surface area contributed by atoms with Gasteiger partial charge in [-0.15, -0.1) is 0 Å². The van der Waals surface area contributed by atoms with Crippen LogP contribution in [0.4, 0.5) is 0 Å². The molecule has 0 saturated carbocycles. The molecule has 1 aliphatic heterocycles. The molecule has 2 aromatic rings. The quantitative estimate of drug-likeness (QED) is 0.578. The Kier molecular flexibility index (Phi) is 7.05. The number of aliphatic carboxylic acids is 1. The number of carboxylic acid groups (broad SMARTS) is 1. The molecule has 1 aromatic heterocycles. The number of nitrogens with zero attached hydrogens (tertiary/aromatic N) is 3. The summed E-state index contributed by atoms with van der Waals surface area (Å²) in [7, 11) is 2.13. The van der Waals surface area contributed by atoms with E-state index in [0.29, 0.717) is 5.69 Å². The number of likely N-dealkylation sites (N-methyl/N-ethyl adjacent to an activating group) is 1. The van der Waals surface area contributed by atoms with Gasteiger partial charge in [-0.2, -0.15) is 0 Å². The average molecular weight is 391 g/mol. The third-order valence-corrected chi connectivity index (χ3v) is 4.91. The Bertz CT molecular complexity index is 911. The van der Waals surface area contributed by atoms with Crippen molar-refractivity contribution in [2.75, 3.05) is 33.2 Å². The molecule has 6 nitrogen and oxygen atoms in total. The molecule has 3 rings (SSSR count). The topological polar surface area (TPSA) is 73.7 Å². The summed E-state index contributed by atoms with van der Waals surface area (Å²) in [5.74, 6) is -1.05. The number of ketones is 1. The molecular weight excluding hydrogens is 366 g/mol. The van der Waals surface area contributed by atoms with Gasteiger partial charge in [-0.1, -0.05) is 30.3 Å². The predicted molar refractivity (Wildman–Crippen MR) is 113 cm³/mol. The van der Waals surface area contributed by atoms with Crippen LogP contribution in [0.2, 0.25) is 0 Å². The van der Waals surface area contributed by atoms with Crippen molar-refractivity contribution in [3.8, 4) is 0 Å². The fraction of sp³-hybridized carbons (Fsp3) is 0.261. The van der Waals surface area contributed by atoms with E-state index in [-0.39, 0.29) is 5.78 Å². The van der Waals surface area contributed by atoms with Crippen LogP contribution >= 0.6 is 0 Å². The second kappa shape index (κ2) is 9.91. The Morgan fingerprint density at radius 3 is 2.48 bits per heavy atom. The van der Waals surface area contributed by atoms with Gasteiger partial charge in [0.25, 0.3) is 0 Å². The number of carbonyl (C=O) groups is 2. The van der Waals surface area contributed by atoms with E-state index in [1.54, 1.807) is 30.5 Å². The molecule has 0 aliphatic carbocycles. The lowest BCUT2D eigenvalue weighted by molar-refractivity contribution is -0.131. The van der Waals surface area contributed by atoms with Crippen molar-refractivity contribution in [1.82, 2.24) is 14.8 Å². The second-order valence-corrected chi connectivity index (χ2v) is 7.12. The van der Waals surface area contributed by atoms with E-state index >= 15 is 0 Å². The Morgan fingerprint density at radius 1 is 1.03 bits per heavy atom. The van der Waals surface area contributed by atoms with E-state index < -0.39 is 5.97 Å². The zero-order valence-electron chi connectivity index (χ0n) is 16.5. The van der Waals surface area contributed by atoms with Crippen LogP contribution in [-0.2, 0) is 11.3 Å². The highest BCUT2D eigenvalue weighted by atomic mass is 16.4. The van der Waals surface area contributed by atoms with Crippen molar-refractivity contribution in [3.63, 3.8) is 0 Å². The van der Waals surface area contributed by atoms with Gasteiger partial charge in [0.05, 0.1) is 5.69 Å². The summed E-state index contributed by atoms with van der Waals surface area (Å²) in [4.78, 5) is 32.2. The molecule has 0 atom stereocenters. The monoisotopic (exact) mass is 391 g/mol. The van der Waals surface area contributed by atoms with Gasteiger partial charge in [0.1, 0.15) is 0 Å². The van der Waals surface area contributed by atoms with Crippen molar-refractivity contribution in [2.24, 2.45) is 0 Å². The Hall–Kier alpha value is -3.09. The van der Waals surface area contributed by atoms with Crippen molar-refractivity contribution < 1.29 is 14.7 Å². The maximum absolute atomic E-state index is 12.8. The average Bonchev–Trinajstić information content (AvgIpc) is 2.73. The highest BCUT2D eigenvalue weighted by molar-refractivity contribution is 6.07. The fourth-order valence-electron chi connectivity index (χ4n) is 3.18. The Labute approximate surface area is 170 Å². The van der Waals surface area contributed by atoms with Crippen molar-refractivity contribution in [3.05, 3.63) is 77.1 Å². The number of carbonyl (C=O) groups excluding carboxylic acids is 1. The van der Waals surface area contributed by atoms with Crippen LogP contribution in [0.25, 0.3) is 12.2 Å². The molecule has 0 amide bonds. The summed E-state index contributed by atoms with van der Waals surface area (Å²) in [6, 6.07) is 11.3. The molecular formula is C23H25N3O3. The second-order valence-electron chi connectivity index (χ2n) is 7.12. The number of aromatic nitrogens is 1. The minimum atomic E-state index is -1.02. The molecule has 0 unspecified atom stereocenters. The van der Waals surface area contributed by atoms with E-state index in [1.165, 1.54) is 6.08 Å². The van der Waals surface area contributed by atoms with Crippen molar-refractivity contribution in [1.29, 1.82) is 0 Å². The molecule has 1 saturated heterocycles. The largest absolute Gasteiger partial charge is 0.478 e. The van der Waals surface area contributed by atoms with Crippen LogP contribution in [-0.4, -0.2) is 64.9 Å². The molecule has 150 valence electrons. The standard InChI is InChI=1S/C23H25N3O3/c1-25-12-14-26(15-13-25)17-19-4-2-3-5-21(19)22(27)10-7-18-6-8-20(24-16-18)9-11-23(28)29/h2-11,16H,12-15,17H2,1H3,(H,28,29)/b10-7+,11-9+. The highest BCUT2D eigenvalue weighted by Crippen LogP contribution is 2.15. The molecule has 0 spiro atoms. The summed E-state index contributed by atoms with van der Waals surface area (Å²) in [6.07, 6.45) is 7.37. The maximum Gasteiger partial charge on any atom is 0.328 e. The molecule has 0 bridgehead atoms. The molecule has 1 aliphatic rings. The van der Waals surface area contributed by atoms with Gasteiger partial charge < -0.3 is 10.0 Å². The van der Waals surface area contributed by atoms with Gasteiger partial charge in [0, 0.05) is 50.6 Å². The van der Waals surface area contributed by atoms with E-state index in [4.69, 9.17) is 5.11 Å². The Balaban J connectivity index is 1.66. The number of allylic oxidation sites excluding steroid dienone is 1. The van der Waals surface area contributed by atoms with Gasteiger partial charge in [-0.25, -0.2) is 4.79 Å². The lowest BCUT2D eigenvalue weighted by Gasteiger charge is -2.32. The number of rotatable bonds is 7. The van der Waals surface area contributed by atoms with Crippen LogP contribution < -0.4 is 0 Å². The molecule has 1 fully saturated rings. The summed E-state index contributed by atoms with van der Waals surface area (Å²) in [5, 5.41) is 8.65. The van der Waals surface area contributed by atoms with Gasteiger partial charge >= 0.3 is 5.97 Å². The maximum atomic E-state index is 12.8. The van der Waals surface area contributed by atoms with E-state index in [1.807, 2.05) is 24.3 Å². The summed E-state index contributed by atoms with van der Waals surface area (Å²) < 4.78 is 0. The first-order valence-electron chi connectivity index (χ1n) is 9.59. The number of hydrogen-bond donors (Lipinski definition) is 1. The zero-order chi connectivity index (χ0) is 20.6. The number of piperazine rings is 1. The molecule has 29 heavy (non-hydrogen) atoms. The predicted octanol–water partition coefficient (Wildman–Crippen LogP) is 2.82. The SMILES string of the molecule is CN1CCN(Cc2ccccc2C(=O)/C=C/c2ccc(/C=C/C(=O)O)nc2)CC1. The number of hydrogen-bond acceptors (Lipinski definition) is 5. The lowest BCUT2D eigenvalue weighted by Crippen LogP contribution is -2.44. The third kappa shape index (κ3) is 6.20. The van der Waals surface area contributed by atoms with E-state index in [2.05, 4.69) is 21.8 Å². The smallest absolute Gasteiger partial charge is 0.328 e. The first kappa shape index (κ1) is 20.6. The van der Waals surface area contributed by atoms with Crippen LogP contribution in [0.1, 0.15) is 27.2 Å². The zero-order valence-corrected chi connectivity index (χ0v) is 16.5. The van der Waals surface area contributed by atoms with Gasteiger partial charge in [-0.05, 0) is 42.5 Å². The van der Waals surface area contributed by atoms with Crippen LogP contribution in [0.15, 0.2) is 54.7 Å². The first-order chi connectivity index (χ1) is 14.0. The van der Waals surface area contributed by atoms with Crippen molar-refractivity contribution in [2.45, 2.75) is 6.54 Å². The number of carboxylic acids is 1. The van der Waals surface area contributed by atoms with Gasteiger partial charge in [0.2, 0.25) is 0 Å². The molecule has 2 heterocycles.